The van der Waals surface area contributed by atoms with Crippen molar-refractivity contribution < 1.29 is 18.3 Å². The van der Waals surface area contributed by atoms with E-state index in [1.54, 1.807) is 0 Å². The number of hydrogen-bond acceptors (Lipinski definition) is 5. The van der Waals surface area contributed by atoms with Gasteiger partial charge in [-0.2, -0.15) is 0 Å². The predicted octanol–water partition coefficient (Wildman–Crippen LogP) is 5.13. The van der Waals surface area contributed by atoms with Crippen molar-refractivity contribution >= 4 is 22.8 Å². The molecule has 6 nitrogen and oxygen atoms in total. The average molecular weight is 469 g/mol. The zero-order chi connectivity index (χ0) is 24.4. The molecule has 0 aliphatic carbocycles. The van der Waals surface area contributed by atoms with Gasteiger partial charge in [0.05, 0.1) is 17.1 Å². The van der Waals surface area contributed by atoms with Crippen LogP contribution >= 0.6 is 0 Å². The lowest BCUT2D eigenvalue weighted by atomic mass is 10.1. The summed E-state index contributed by atoms with van der Waals surface area (Å²) in [6.07, 6.45) is 0.447. The minimum atomic E-state index is -0.983. The van der Waals surface area contributed by atoms with Crippen molar-refractivity contribution in [2.75, 3.05) is 24.5 Å². The van der Waals surface area contributed by atoms with Gasteiger partial charge in [0, 0.05) is 37.7 Å². The van der Waals surface area contributed by atoms with E-state index in [0.717, 1.165) is 24.1 Å². The summed E-state index contributed by atoms with van der Waals surface area (Å²) in [4.78, 5) is 25.8. The first-order valence-corrected chi connectivity index (χ1v) is 11.7. The second kappa shape index (κ2) is 9.91. The average Bonchev–Trinajstić information content (AvgIpc) is 3.30. The quantitative estimate of drug-likeness (QED) is 0.481. The summed E-state index contributed by atoms with van der Waals surface area (Å²) in [5.74, 6) is -1.20. The molecule has 1 aliphatic heterocycles. The number of rotatable bonds is 7. The molecule has 1 fully saturated rings. The molecule has 1 amide bonds. The standard InChI is InChI=1S/C26H30F2N4O2/c1-5-32(26(33)16(2)3)19-11-12-31(15-19)24-25(34-17(4)18-9-7-6-8-10-18)30-23-14-21(28)20(27)13-22(23)29-24/h6-10,13-14,16-17,19H,5,11-12,15H2,1-4H3/t17?,19-/m0/s1. The number of ether oxygens (including phenoxy) is 1. The van der Waals surface area contributed by atoms with Crippen LogP contribution in [0.4, 0.5) is 14.6 Å². The van der Waals surface area contributed by atoms with Gasteiger partial charge in [0.2, 0.25) is 5.91 Å². The highest BCUT2D eigenvalue weighted by Crippen LogP contribution is 2.34. The van der Waals surface area contributed by atoms with Crippen molar-refractivity contribution in [3.05, 3.63) is 59.7 Å². The van der Waals surface area contributed by atoms with E-state index in [4.69, 9.17) is 4.74 Å². The molecule has 2 heterocycles. The fraction of sp³-hybridized carbons (Fsp3) is 0.423. The molecule has 4 rings (SSSR count). The Hall–Kier alpha value is -3.29. The van der Waals surface area contributed by atoms with Crippen molar-refractivity contribution in [2.24, 2.45) is 5.92 Å². The van der Waals surface area contributed by atoms with E-state index in [9.17, 15) is 13.6 Å². The van der Waals surface area contributed by atoms with E-state index in [1.807, 2.05) is 67.8 Å². The first-order chi connectivity index (χ1) is 16.3. The number of carbonyl (C=O) groups excluding carboxylic acids is 1. The Kier molecular flexibility index (Phi) is 6.95. The molecule has 2 aromatic carbocycles. The molecule has 1 aliphatic rings. The zero-order valence-electron chi connectivity index (χ0n) is 20.0. The lowest BCUT2D eigenvalue weighted by Gasteiger charge is -2.30. The fourth-order valence-corrected chi connectivity index (χ4v) is 4.39. The van der Waals surface area contributed by atoms with Crippen LogP contribution in [0.25, 0.3) is 11.0 Å². The van der Waals surface area contributed by atoms with Gasteiger partial charge < -0.3 is 14.5 Å². The van der Waals surface area contributed by atoms with Crippen LogP contribution in [-0.2, 0) is 4.79 Å². The highest BCUT2D eigenvalue weighted by Gasteiger charge is 2.33. The monoisotopic (exact) mass is 468 g/mol. The third-order valence-corrected chi connectivity index (χ3v) is 6.24. The third-order valence-electron chi connectivity index (χ3n) is 6.24. The van der Waals surface area contributed by atoms with Crippen molar-refractivity contribution in [3.63, 3.8) is 0 Å². The van der Waals surface area contributed by atoms with E-state index in [-0.39, 0.29) is 40.9 Å². The van der Waals surface area contributed by atoms with E-state index >= 15 is 0 Å². The van der Waals surface area contributed by atoms with Gasteiger partial charge in [0.25, 0.3) is 5.88 Å². The van der Waals surface area contributed by atoms with Crippen molar-refractivity contribution in [1.82, 2.24) is 14.9 Å². The molecule has 1 aromatic heterocycles. The van der Waals surface area contributed by atoms with Gasteiger partial charge in [-0.1, -0.05) is 44.2 Å². The molecule has 8 heteroatoms. The number of likely N-dealkylation sites (N-methyl/N-ethyl adjacent to an activating group) is 1. The van der Waals surface area contributed by atoms with Crippen LogP contribution in [0, 0.1) is 17.6 Å². The number of benzene rings is 2. The predicted molar refractivity (Wildman–Crippen MR) is 128 cm³/mol. The molecule has 3 aromatic rings. The molecule has 34 heavy (non-hydrogen) atoms. The molecule has 1 unspecified atom stereocenters. The Bertz CT molecular complexity index is 1170. The summed E-state index contributed by atoms with van der Waals surface area (Å²) in [6, 6.07) is 11.8. The third kappa shape index (κ3) is 4.81. The molecule has 0 bridgehead atoms. The fourth-order valence-electron chi connectivity index (χ4n) is 4.39. The number of carbonyl (C=O) groups is 1. The molecule has 0 radical (unpaired) electrons. The number of hydrogen-bond donors (Lipinski definition) is 0. The molecule has 0 spiro atoms. The summed E-state index contributed by atoms with van der Waals surface area (Å²) < 4.78 is 34.1. The molecular formula is C26H30F2N4O2. The zero-order valence-corrected chi connectivity index (χ0v) is 20.0. The second-order valence-electron chi connectivity index (χ2n) is 8.95. The van der Waals surface area contributed by atoms with Crippen molar-refractivity contribution in [2.45, 2.75) is 46.3 Å². The van der Waals surface area contributed by atoms with Gasteiger partial charge >= 0.3 is 0 Å². The number of anilines is 1. The number of aromatic nitrogens is 2. The largest absolute Gasteiger partial charge is 0.467 e. The molecule has 180 valence electrons. The second-order valence-corrected chi connectivity index (χ2v) is 8.95. The van der Waals surface area contributed by atoms with Gasteiger partial charge in [-0.15, -0.1) is 0 Å². The Balaban J connectivity index is 1.69. The Morgan fingerprint density at radius 1 is 1.12 bits per heavy atom. The van der Waals surface area contributed by atoms with Crippen LogP contribution in [-0.4, -0.2) is 46.5 Å². The number of fused-ring (bicyclic) bond motifs is 1. The van der Waals surface area contributed by atoms with Crippen LogP contribution in [0.3, 0.4) is 0 Å². The highest BCUT2D eigenvalue weighted by molar-refractivity contribution is 5.79. The number of nitrogens with zero attached hydrogens (tertiary/aromatic N) is 4. The maximum absolute atomic E-state index is 13.9. The van der Waals surface area contributed by atoms with Gasteiger partial charge in [-0.25, -0.2) is 18.7 Å². The first kappa shape index (κ1) is 23.9. The maximum Gasteiger partial charge on any atom is 0.258 e. The normalized spacial score (nSPS) is 16.8. The van der Waals surface area contributed by atoms with Crippen LogP contribution < -0.4 is 9.64 Å². The van der Waals surface area contributed by atoms with E-state index in [0.29, 0.717) is 25.5 Å². The molecule has 2 atom stereocenters. The van der Waals surface area contributed by atoms with Crippen molar-refractivity contribution in [3.8, 4) is 5.88 Å². The Labute approximate surface area is 198 Å². The van der Waals surface area contributed by atoms with Gasteiger partial charge in [0.15, 0.2) is 17.5 Å². The van der Waals surface area contributed by atoms with Crippen LogP contribution in [0.15, 0.2) is 42.5 Å². The van der Waals surface area contributed by atoms with Gasteiger partial charge in [-0.3, -0.25) is 4.79 Å². The highest BCUT2D eigenvalue weighted by atomic mass is 19.2. The van der Waals surface area contributed by atoms with Crippen LogP contribution in [0.5, 0.6) is 5.88 Å². The van der Waals surface area contributed by atoms with Crippen molar-refractivity contribution in [1.29, 1.82) is 0 Å². The summed E-state index contributed by atoms with van der Waals surface area (Å²) in [5.41, 5.74) is 1.43. The van der Waals surface area contributed by atoms with E-state index in [1.165, 1.54) is 0 Å². The minimum absolute atomic E-state index is 0.0294. The first-order valence-electron chi connectivity index (χ1n) is 11.7. The number of amides is 1. The van der Waals surface area contributed by atoms with Gasteiger partial charge in [-0.05, 0) is 25.8 Å². The topological polar surface area (TPSA) is 58.6 Å². The van der Waals surface area contributed by atoms with Crippen LogP contribution in [0.2, 0.25) is 0 Å². The summed E-state index contributed by atoms with van der Waals surface area (Å²) >= 11 is 0. The molecule has 0 saturated carbocycles. The SMILES string of the molecule is CCN(C(=O)C(C)C)[C@H]1CCN(c2nc3cc(F)c(F)cc3nc2OC(C)c2ccccc2)C1. The lowest BCUT2D eigenvalue weighted by Crippen LogP contribution is -2.43. The Morgan fingerprint density at radius 3 is 2.38 bits per heavy atom. The Morgan fingerprint density at radius 2 is 1.76 bits per heavy atom. The molecule has 1 saturated heterocycles. The smallest absolute Gasteiger partial charge is 0.258 e. The summed E-state index contributed by atoms with van der Waals surface area (Å²) in [6.45, 7) is 9.51. The van der Waals surface area contributed by atoms with Crippen LogP contribution in [0.1, 0.15) is 45.8 Å². The summed E-state index contributed by atoms with van der Waals surface area (Å²) in [7, 11) is 0. The van der Waals surface area contributed by atoms with E-state index in [2.05, 4.69) is 9.97 Å². The summed E-state index contributed by atoms with van der Waals surface area (Å²) in [5, 5.41) is 0. The lowest BCUT2D eigenvalue weighted by molar-refractivity contribution is -0.136. The minimum Gasteiger partial charge on any atom is -0.467 e. The molecular weight excluding hydrogens is 438 g/mol. The van der Waals surface area contributed by atoms with Gasteiger partial charge in [0.1, 0.15) is 6.10 Å². The van der Waals surface area contributed by atoms with E-state index < -0.39 is 11.6 Å². The number of halogens is 2. The maximum atomic E-state index is 13.9. The molecule has 0 N–H and O–H groups in total.